The zero-order valence-corrected chi connectivity index (χ0v) is 10.2. The Balaban J connectivity index is 2.29. The number of nitrogens with zero attached hydrogens (tertiary/aromatic N) is 3. The van der Waals surface area contributed by atoms with Gasteiger partial charge in [-0.2, -0.15) is 5.10 Å². The quantitative estimate of drug-likeness (QED) is 0.778. The van der Waals surface area contributed by atoms with Gasteiger partial charge in [0.2, 0.25) is 0 Å². The van der Waals surface area contributed by atoms with Crippen molar-refractivity contribution in [3.05, 3.63) is 41.9 Å². The molecule has 0 saturated carbocycles. The predicted octanol–water partition coefficient (Wildman–Crippen LogP) is 2.25. The number of carboxylic acid groups (broad SMARTS) is 1. The van der Waals surface area contributed by atoms with Crippen LogP contribution in [0.1, 0.15) is 23.1 Å². The number of aromatic nitrogens is 3. The normalized spacial score (nSPS) is 11.0. The third kappa shape index (κ3) is 1.87. The van der Waals surface area contributed by atoms with Gasteiger partial charge in [-0.1, -0.05) is 6.92 Å². The van der Waals surface area contributed by atoms with Crippen LogP contribution in [0.5, 0.6) is 0 Å². The minimum atomic E-state index is -1.05. The predicted molar refractivity (Wildman–Crippen MR) is 67.0 cm³/mol. The van der Waals surface area contributed by atoms with Crippen LogP contribution in [-0.4, -0.2) is 25.7 Å². The first-order chi connectivity index (χ1) is 9.19. The molecular formula is C13H11N3O3. The van der Waals surface area contributed by atoms with E-state index in [2.05, 4.69) is 10.1 Å². The van der Waals surface area contributed by atoms with Crippen molar-refractivity contribution in [3.63, 3.8) is 0 Å². The molecule has 0 atom stereocenters. The summed E-state index contributed by atoms with van der Waals surface area (Å²) in [5.74, 6) is -0.518. The van der Waals surface area contributed by atoms with Crippen LogP contribution in [0.3, 0.4) is 0 Å². The second-order valence-corrected chi connectivity index (χ2v) is 4.07. The average Bonchev–Trinajstić information content (AvgIpc) is 3.05. The minimum Gasteiger partial charge on any atom is -0.477 e. The van der Waals surface area contributed by atoms with Crippen molar-refractivity contribution in [2.45, 2.75) is 13.3 Å². The van der Waals surface area contributed by atoms with Crippen LogP contribution < -0.4 is 0 Å². The third-order valence-corrected chi connectivity index (χ3v) is 2.83. The molecule has 19 heavy (non-hydrogen) atoms. The molecule has 6 heteroatoms. The Morgan fingerprint density at radius 3 is 2.95 bits per heavy atom. The SMILES string of the molecule is CCc1cc2nc(-c3ccco3)cc(C(=O)O)n2n1. The molecule has 96 valence electrons. The fraction of sp³-hybridized carbons (Fsp3) is 0.154. The van der Waals surface area contributed by atoms with Crippen molar-refractivity contribution in [3.8, 4) is 11.5 Å². The van der Waals surface area contributed by atoms with Crippen LogP contribution in [0.4, 0.5) is 0 Å². The van der Waals surface area contributed by atoms with Gasteiger partial charge in [0.15, 0.2) is 17.1 Å². The van der Waals surface area contributed by atoms with Crippen LogP contribution in [0.15, 0.2) is 34.9 Å². The van der Waals surface area contributed by atoms with Gasteiger partial charge in [0.05, 0.1) is 12.0 Å². The first kappa shape index (κ1) is 11.5. The molecule has 3 rings (SSSR count). The number of aryl methyl sites for hydroxylation is 1. The summed E-state index contributed by atoms with van der Waals surface area (Å²) in [4.78, 5) is 15.7. The standard InChI is InChI=1S/C13H11N3O3/c1-2-8-6-12-14-9(11-4-3-5-19-11)7-10(13(17)18)16(12)15-8/h3-7H,2H2,1H3,(H,17,18). The zero-order chi connectivity index (χ0) is 13.4. The molecule has 3 heterocycles. The van der Waals surface area contributed by atoms with E-state index in [4.69, 9.17) is 4.42 Å². The summed E-state index contributed by atoms with van der Waals surface area (Å²) in [5.41, 5.74) is 1.85. The van der Waals surface area contributed by atoms with Gasteiger partial charge in [-0.15, -0.1) is 0 Å². The van der Waals surface area contributed by atoms with E-state index in [1.165, 1.54) is 16.8 Å². The Morgan fingerprint density at radius 1 is 1.47 bits per heavy atom. The van der Waals surface area contributed by atoms with Gasteiger partial charge in [0.25, 0.3) is 0 Å². The Morgan fingerprint density at radius 2 is 2.32 bits per heavy atom. The maximum Gasteiger partial charge on any atom is 0.354 e. The summed E-state index contributed by atoms with van der Waals surface area (Å²) in [6.45, 7) is 1.95. The van der Waals surface area contributed by atoms with Gasteiger partial charge in [-0.3, -0.25) is 0 Å². The van der Waals surface area contributed by atoms with Crippen molar-refractivity contribution >= 4 is 11.6 Å². The molecule has 0 fully saturated rings. The average molecular weight is 257 g/mol. The number of hydrogen-bond donors (Lipinski definition) is 1. The number of aromatic carboxylic acids is 1. The summed E-state index contributed by atoms with van der Waals surface area (Å²) in [6, 6.07) is 6.70. The molecule has 0 spiro atoms. The highest BCUT2D eigenvalue weighted by molar-refractivity contribution is 5.87. The van der Waals surface area contributed by atoms with Crippen LogP contribution in [-0.2, 0) is 6.42 Å². The monoisotopic (exact) mass is 257 g/mol. The van der Waals surface area contributed by atoms with E-state index in [-0.39, 0.29) is 5.69 Å². The molecule has 0 amide bonds. The maximum atomic E-state index is 11.3. The highest BCUT2D eigenvalue weighted by Crippen LogP contribution is 2.20. The number of fused-ring (bicyclic) bond motifs is 1. The molecule has 1 N–H and O–H groups in total. The van der Waals surface area contributed by atoms with Gasteiger partial charge >= 0.3 is 5.97 Å². The molecule has 0 radical (unpaired) electrons. The van der Waals surface area contributed by atoms with Gasteiger partial charge in [0, 0.05) is 12.1 Å². The molecule has 0 aliphatic carbocycles. The molecule has 0 aliphatic rings. The largest absolute Gasteiger partial charge is 0.477 e. The second kappa shape index (κ2) is 4.24. The van der Waals surface area contributed by atoms with Crippen molar-refractivity contribution in [2.75, 3.05) is 0 Å². The summed E-state index contributed by atoms with van der Waals surface area (Å²) in [7, 11) is 0. The van der Waals surface area contributed by atoms with Crippen molar-refractivity contribution in [1.82, 2.24) is 14.6 Å². The molecule has 0 bridgehead atoms. The number of hydrogen-bond acceptors (Lipinski definition) is 4. The molecule has 6 nitrogen and oxygen atoms in total. The Hall–Kier alpha value is -2.63. The summed E-state index contributed by atoms with van der Waals surface area (Å²) < 4.78 is 6.59. The fourth-order valence-corrected chi connectivity index (χ4v) is 1.90. The summed E-state index contributed by atoms with van der Waals surface area (Å²) >= 11 is 0. The van der Waals surface area contributed by atoms with Crippen molar-refractivity contribution < 1.29 is 14.3 Å². The smallest absolute Gasteiger partial charge is 0.354 e. The van der Waals surface area contributed by atoms with Crippen LogP contribution >= 0.6 is 0 Å². The van der Waals surface area contributed by atoms with E-state index in [0.717, 1.165) is 12.1 Å². The first-order valence-corrected chi connectivity index (χ1v) is 5.86. The van der Waals surface area contributed by atoms with E-state index in [0.29, 0.717) is 17.1 Å². The van der Waals surface area contributed by atoms with Crippen LogP contribution in [0, 0.1) is 0 Å². The second-order valence-electron chi connectivity index (χ2n) is 4.07. The molecule has 3 aromatic rings. The lowest BCUT2D eigenvalue weighted by atomic mass is 10.2. The minimum absolute atomic E-state index is 0.0658. The number of carboxylic acids is 1. The van der Waals surface area contributed by atoms with Gasteiger partial charge in [0.1, 0.15) is 5.69 Å². The molecule has 3 aromatic heterocycles. The Kier molecular flexibility index (Phi) is 2.56. The highest BCUT2D eigenvalue weighted by Gasteiger charge is 2.16. The lowest BCUT2D eigenvalue weighted by molar-refractivity contribution is 0.0687. The lowest BCUT2D eigenvalue weighted by Crippen LogP contribution is -2.08. The summed E-state index contributed by atoms with van der Waals surface area (Å²) in [6.07, 6.45) is 2.24. The van der Waals surface area contributed by atoms with Gasteiger partial charge < -0.3 is 9.52 Å². The van der Waals surface area contributed by atoms with E-state index in [1.807, 2.05) is 6.92 Å². The third-order valence-electron chi connectivity index (χ3n) is 2.83. The lowest BCUT2D eigenvalue weighted by Gasteiger charge is -2.02. The van der Waals surface area contributed by atoms with Gasteiger partial charge in [-0.05, 0) is 18.6 Å². The van der Waals surface area contributed by atoms with E-state index >= 15 is 0 Å². The van der Waals surface area contributed by atoms with Crippen molar-refractivity contribution in [1.29, 1.82) is 0 Å². The molecule has 0 aromatic carbocycles. The highest BCUT2D eigenvalue weighted by atomic mass is 16.4. The molecule has 0 saturated heterocycles. The zero-order valence-electron chi connectivity index (χ0n) is 10.2. The van der Waals surface area contributed by atoms with Crippen molar-refractivity contribution in [2.24, 2.45) is 0 Å². The Bertz CT molecular complexity index is 744. The first-order valence-electron chi connectivity index (χ1n) is 5.86. The Labute approximate surface area is 108 Å². The summed E-state index contributed by atoms with van der Waals surface area (Å²) in [5, 5.41) is 13.5. The molecular weight excluding hydrogens is 246 g/mol. The van der Waals surface area contributed by atoms with Gasteiger partial charge in [-0.25, -0.2) is 14.3 Å². The number of carbonyl (C=O) groups is 1. The molecule has 0 unspecified atom stereocenters. The fourth-order valence-electron chi connectivity index (χ4n) is 1.90. The topological polar surface area (TPSA) is 80.6 Å². The maximum absolute atomic E-state index is 11.3. The number of rotatable bonds is 3. The van der Waals surface area contributed by atoms with Crippen LogP contribution in [0.2, 0.25) is 0 Å². The van der Waals surface area contributed by atoms with Crippen LogP contribution in [0.25, 0.3) is 17.1 Å². The van der Waals surface area contributed by atoms with E-state index < -0.39 is 5.97 Å². The molecule has 0 aliphatic heterocycles. The number of furan rings is 1. The van der Waals surface area contributed by atoms with E-state index in [9.17, 15) is 9.90 Å². The van der Waals surface area contributed by atoms with E-state index in [1.54, 1.807) is 18.2 Å².